The van der Waals surface area contributed by atoms with E-state index >= 15 is 0 Å². The van der Waals surface area contributed by atoms with Gasteiger partial charge in [-0.15, -0.1) is 0 Å². The summed E-state index contributed by atoms with van der Waals surface area (Å²) in [5.41, 5.74) is 0. The van der Waals surface area contributed by atoms with Crippen LogP contribution in [0.1, 0.15) is 29.3 Å². The number of amides is 1. The van der Waals surface area contributed by atoms with Crippen LogP contribution in [0.15, 0.2) is 10.6 Å². The molecule has 0 radical (unpaired) electrons. The van der Waals surface area contributed by atoms with Crippen molar-refractivity contribution in [3.8, 4) is 0 Å². The largest absolute Gasteiger partial charge is 0.436 e. The maximum atomic E-state index is 11.3. The van der Waals surface area contributed by atoms with E-state index in [1.807, 2.05) is 0 Å². The zero-order chi connectivity index (χ0) is 8.55. The highest BCUT2D eigenvalue weighted by Gasteiger charge is 2.25. The Hall–Kier alpha value is -1.32. The molecule has 0 bridgehead atoms. The molecule has 1 aliphatic rings. The highest BCUT2D eigenvalue weighted by atomic mass is 16.4. The van der Waals surface area contributed by atoms with Crippen molar-refractivity contribution in [2.45, 2.75) is 25.8 Å². The predicted molar refractivity (Wildman–Crippen MR) is 41.7 cm³/mol. The van der Waals surface area contributed by atoms with Crippen LogP contribution in [0, 0.1) is 6.92 Å². The zero-order valence-electron chi connectivity index (χ0n) is 6.83. The number of nitrogens with one attached hydrogen (secondary N) is 1. The van der Waals surface area contributed by atoms with Gasteiger partial charge in [-0.1, -0.05) is 0 Å². The first-order valence-electron chi connectivity index (χ1n) is 3.99. The van der Waals surface area contributed by atoms with E-state index in [4.69, 9.17) is 4.42 Å². The minimum absolute atomic E-state index is 0.155. The quantitative estimate of drug-likeness (QED) is 0.709. The Bertz CT molecular complexity index is 302. The van der Waals surface area contributed by atoms with Gasteiger partial charge in [-0.2, -0.15) is 0 Å². The minimum Gasteiger partial charge on any atom is -0.436 e. The summed E-state index contributed by atoms with van der Waals surface area (Å²) in [6, 6.07) is 0.364. The lowest BCUT2D eigenvalue weighted by atomic mass is 10.4. The summed E-state index contributed by atoms with van der Waals surface area (Å²) in [7, 11) is 0. The number of rotatable bonds is 2. The molecule has 0 aromatic carbocycles. The number of hydrogen-bond acceptors (Lipinski definition) is 3. The molecule has 12 heavy (non-hydrogen) atoms. The van der Waals surface area contributed by atoms with Gasteiger partial charge in [-0.3, -0.25) is 4.79 Å². The number of hydrogen-bond donors (Lipinski definition) is 1. The van der Waals surface area contributed by atoms with Crippen LogP contribution in [0.3, 0.4) is 0 Å². The Labute approximate surface area is 70.0 Å². The lowest BCUT2D eigenvalue weighted by molar-refractivity contribution is 0.0922. The van der Waals surface area contributed by atoms with Gasteiger partial charge in [0.25, 0.3) is 5.91 Å². The Morgan fingerprint density at radius 2 is 2.50 bits per heavy atom. The summed E-state index contributed by atoms with van der Waals surface area (Å²) in [4.78, 5) is 15.1. The monoisotopic (exact) mass is 166 g/mol. The molecular formula is C8H10N2O2. The van der Waals surface area contributed by atoms with E-state index in [1.165, 1.54) is 6.20 Å². The molecule has 0 saturated heterocycles. The van der Waals surface area contributed by atoms with Gasteiger partial charge >= 0.3 is 0 Å². The fourth-order valence-electron chi connectivity index (χ4n) is 0.951. The van der Waals surface area contributed by atoms with Crippen LogP contribution >= 0.6 is 0 Å². The molecule has 1 heterocycles. The third-order valence-electron chi connectivity index (χ3n) is 1.76. The van der Waals surface area contributed by atoms with Crippen molar-refractivity contribution in [1.82, 2.24) is 10.3 Å². The van der Waals surface area contributed by atoms with Crippen LogP contribution in [0.25, 0.3) is 0 Å². The molecular weight excluding hydrogens is 156 g/mol. The standard InChI is InChI=1S/C8H10N2O2/c1-5-9-4-7(12-5)8(11)10-6-2-3-6/h4,6H,2-3H2,1H3,(H,10,11). The summed E-state index contributed by atoms with van der Waals surface area (Å²) in [5.74, 6) is 0.674. The van der Waals surface area contributed by atoms with Crippen LogP contribution < -0.4 is 5.32 Å². The first-order valence-corrected chi connectivity index (χ1v) is 3.99. The molecule has 0 atom stereocenters. The Morgan fingerprint density at radius 1 is 1.75 bits per heavy atom. The summed E-state index contributed by atoms with van der Waals surface area (Å²) < 4.78 is 5.05. The number of aromatic nitrogens is 1. The summed E-state index contributed by atoms with van der Waals surface area (Å²) in [6.45, 7) is 1.72. The van der Waals surface area contributed by atoms with Crippen molar-refractivity contribution in [2.75, 3.05) is 0 Å². The predicted octanol–water partition coefficient (Wildman–Crippen LogP) is 0.875. The summed E-state index contributed by atoms with van der Waals surface area (Å²) >= 11 is 0. The molecule has 0 spiro atoms. The molecule has 0 aliphatic heterocycles. The number of oxazole rings is 1. The van der Waals surface area contributed by atoms with Crippen LogP contribution in [-0.4, -0.2) is 16.9 Å². The molecule has 1 aromatic heterocycles. The molecule has 64 valence electrons. The van der Waals surface area contributed by atoms with Gasteiger partial charge in [-0.05, 0) is 12.8 Å². The number of carbonyl (C=O) groups excluding carboxylic acids is 1. The average molecular weight is 166 g/mol. The highest BCUT2D eigenvalue weighted by Crippen LogP contribution is 2.19. The lowest BCUT2D eigenvalue weighted by Gasteiger charge is -1.96. The van der Waals surface area contributed by atoms with Crippen molar-refractivity contribution in [3.63, 3.8) is 0 Å². The Balaban J connectivity index is 2.03. The lowest BCUT2D eigenvalue weighted by Crippen LogP contribution is -2.24. The normalized spacial score (nSPS) is 16.1. The third-order valence-corrected chi connectivity index (χ3v) is 1.76. The van der Waals surface area contributed by atoms with Crippen molar-refractivity contribution < 1.29 is 9.21 Å². The number of nitrogens with zero attached hydrogens (tertiary/aromatic N) is 1. The topological polar surface area (TPSA) is 55.1 Å². The second-order valence-corrected chi connectivity index (χ2v) is 2.99. The van der Waals surface area contributed by atoms with Gasteiger partial charge < -0.3 is 9.73 Å². The van der Waals surface area contributed by atoms with Gasteiger partial charge in [-0.25, -0.2) is 4.98 Å². The van der Waals surface area contributed by atoms with Crippen molar-refractivity contribution in [1.29, 1.82) is 0 Å². The molecule has 1 saturated carbocycles. The average Bonchev–Trinajstić information content (AvgIpc) is 2.72. The van der Waals surface area contributed by atoms with Gasteiger partial charge in [0.2, 0.25) is 5.76 Å². The van der Waals surface area contributed by atoms with E-state index in [2.05, 4.69) is 10.3 Å². The Morgan fingerprint density at radius 3 is 3.00 bits per heavy atom. The van der Waals surface area contributed by atoms with Crippen molar-refractivity contribution in [2.24, 2.45) is 0 Å². The van der Waals surface area contributed by atoms with Crippen LogP contribution in [0.5, 0.6) is 0 Å². The van der Waals surface area contributed by atoms with E-state index in [-0.39, 0.29) is 5.91 Å². The molecule has 1 fully saturated rings. The maximum absolute atomic E-state index is 11.3. The van der Waals surface area contributed by atoms with E-state index < -0.39 is 0 Å². The minimum atomic E-state index is -0.155. The summed E-state index contributed by atoms with van der Waals surface area (Å²) in [5, 5.41) is 2.81. The van der Waals surface area contributed by atoms with Gasteiger partial charge in [0, 0.05) is 13.0 Å². The molecule has 2 rings (SSSR count). The first kappa shape index (κ1) is 7.34. The zero-order valence-corrected chi connectivity index (χ0v) is 6.83. The maximum Gasteiger partial charge on any atom is 0.288 e. The van der Waals surface area contributed by atoms with E-state index in [9.17, 15) is 4.79 Å². The second kappa shape index (κ2) is 2.62. The van der Waals surface area contributed by atoms with Crippen LogP contribution in [-0.2, 0) is 0 Å². The van der Waals surface area contributed by atoms with Crippen molar-refractivity contribution >= 4 is 5.91 Å². The van der Waals surface area contributed by atoms with Crippen LogP contribution in [0.2, 0.25) is 0 Å². The molecule has 4 heteroatoms. The molecule has 1 amide bonds. The van der Waals surface area contributed by atoms with Gasteiger partial charge in [0.05, 0.1) is 6.20 Å². The molecule has 1 N–H and O–H groups in total. The fourth-order valence-corrected chi connectivity index (χ4v) is 0.951. The molecule has 4 nitrogen and oxygen atoms in total. The van der Waals surface area contributed by atoms with Crippen LogP contribution in [0.4, 0.5) is 0 Å². The van der Waals surface area contributed by atoms with E-state index in [0.717, 1.165) is 12.8 Å². The SMILES string of the molecule is Cc1ncc(C(=O)NC2CC2)o1. The fraction of sp³-hybridized carbons (Fsp3) is 0.500. The molecule has 1 aliphatic carbocycles. The number of carbonyl (C=O) groups is 1. The molecule has 1 aromatic rings. The van der Waals surface area contributed by atoms with Gasteiger partial charge in [0.15, 0.2) is 5.89 Å². The molecule has 0 unspecified atom stereocenters. The third kappa shape index (κ3) is 1.47. The van der Waals surface area contributed by atoms with E-state index in [1.54, 1.807) is 6.92 Å². The first-order chi connectivity index (χ1) is 5.75. The summed E-state index contributed by atoms with van der Waals surface area (Å²) in [6.07, 6.45) is 3.62. The van der Waals surface area contributed by atoms with E-state index in [0.29, 0.717) is 17.7 Å². The van der Waals surface area contributed by atoms with Gasteiger partial charge in [0.1, 0.15) is 0 Å². The highest BCUT2D eigenvalue weighted by molar-refractivity contribution is 5.91. The smallest absolute Gasteiger partial charge is 0.288 e. The second-order valence-electron chi connectivity index (χ2n) is 2.99. The Kier molecular flexibility index (Phi) is 1.60. The van der Waals surface area contributed by atoms with Crippen molar-refractivity contribution in [3.05, 3.63) is 17.8 Å². The number of aryl methyl sites for hydroxylation is 1.